The fourth-order valence-electron chi connectivity index (χ4n) is 1.67. The van der Waals surface area contributed by atoms with Crippen molar-refractivity contribution < 1.29 is 14.3 Å². The van der Waals surface area contributed by atoms with Crippen molar-refractivity contribution in [2.45, 2.75) is 6.92 Å². The molecule has 20 heavy (non-hydrogen) atoms. The van der Waals surface area contributed by atoms with E-state index in [1.807, 2.05) is 13.0 Å². The van der Waals surface area contributed by atoms with Gasteiger partial charge in [0.15, 0.2) is 5.65 Å². The van der Waals surface area contributed by atoms with E-state index in [2.05, 4.69) is 20.8 Å². The summed E-state index contributed by atoms with van der Waals surface area (Å²) < 4.78 is 12.0. The summed E-state index contributed by atoms with van der Waals surface area (Å²) in [6, 6.07) is 5.01. The van der Waals surface area contributed by atoms with Crippen LogP contribution in [-0.2, 0) is 4.74 Å². The molecule has 2 aromatic rings. The Kier molecular flexibility index (Phi) is 4.72. The van der Waals surface area contributed by atoms with Crippen LogP contribution >= 0.6 is 0 Å². The number of anilines is 1. The van der Waals surface area contributed by atoms with Gasteiger partial charge in [0.2, 0.25) is 11.8 Å². The predicted molar refractivity (Wildman–Crippen MR) is 73.1 cm³/mol. The lowest BCUT2D eigenvalue weighted by atomic mass is 10.4. The molecule has 0 spiro atoms. The lowest BCUT2D eigenvalue weighted by Gasteiger charge is -2.09. The number of pyridine rings is 1. The molecule has 0 atom stereocenters. The van der Waals surface area contributed by atoms with E-state index >= 15 is 0 Å². The Balaban J connectivity index is 2.15. The molecule has 0 aromatic carbocycles. The van der Waals surface area contributed by atoms with Crippen molar-refractivity contribution in [2.75, 3.05) is 32.2 Å². The molecule has 0 saturated carbocycles. The number of ether oxygens (including phenoxy) is 2. The fraction of sp³-hybridized carbons (Fsp3) is 0.417. The molecule has 8 nitrogen and oxygen atoms in total. The van der Waals surface area contributed by atoms with Gasteiger partial charge in [0.05, 0.1) is 13.2 Å². The van der Waals surface area contributed by atoms with Crippen LogP contribution in [0, 0.1) is 0 Å². The van der Waals surface area contributed by atoms with E-state index in [0.717, 1.165) is 0 Å². The summed E-state index contributed by atoms with van der Waals surface area (Å²) in [5.41, 5.74) is 0.600. The Morgan fingerprint density at radius 2 is 2.25 bits per heavy atom. The van der Waals surface area contributed by atoms with Crippen molar-refractivity contribution in [3.8, 4) is 5.88 Å². The maximum absolute atomic E-state index is 11.7. The maximum Gasteiger partial charge on any atom is 0.321 e. The van der Waals surface area contributed by atoms with Crippen LogP contribution in [0.15, 0.2) is 18.2 Å². The van der Waals surface area contributed by atoms with Crippen LogP contribution in [0.25, 0.3) is 5.65 Å². The van der Waals surface area contributed by atoms with Gasteiger partial charge in [-0.3, -0.25) is 5.32 Å². The Labute approximate surface area is 116 Å². The van der Waals surface area contributed by atoms with Crippen LogP contribution in [0.4, 0.5) is 10.7 Å². The van der Waals surface area contributed by atoms with E-state index in [-0.39, 0.29) is 6.03 Å². The number of carbonyl (C=O) groups is 1. The number of amides is 2. The average molecular weight is 279 g/mol. The molecule has 0 aliphatic rings. The Morgan fingerprint density at radius 1 is 1.40 bits per heavy atom. The number of fused-ring (bicyclic) bond motifs is 1. The second kappa shape index (κ2) is 6.71. The molecule has 0 radical (unpaired) electrons. The standard InChI is InChI=1S/C12H17N5O3/c1-3-20-10-6-4-5-9-15-16-11(17(9)10)14-12(18)13-7-8-19-2/h4-6H,3,7-8H2,1-2H3,(H2,13,14,16,18). The predicted octanol–water partition coefficient (Wildman–Crippen LogP) is 0.896. The number of hydrogen-bond donors (Lipinski definition) is 2. The molecule has 0 bridgehead atoms. The number of carbonyl (C=O) groups excluding carboxylic acids is 1. The highest BCUT2D eigenvalue weighted by Crippen LogP contribution is 2.18. The minimum absolute atomic E-state index is 0.305. The number of nitrogens with zero attached hydrogens (tertiary/aromatic N) is 3. The van der Waals surface area contributed by atoms with E-state index in [0.29, 0.717) is 37.2 Å². The second-order valence-electron chi connectivity index (χ2n) is 3.89. The highest BCUT2D eigenvalue weighted by molar-refractivity contribution is 5.87. The highest BCUT2D eigenvalue weighted by Gasteiger charge is 2.12. The quantitative estimate of drug-likeness (QED) is 0.767. The van der Waals surface area contributed by atoms with Crippen molar-refractivity contribution in [1.82, 2.24) is 19.9 Å². The van der Waals surface area contributed by atoms with Crippen molar-refractivity contribution in [3.05, 3.63) is 18.2 Å². The van der Waals surface area contributed by atoms with Gasteiger partial charge in [-0.15, -0.1) is 10.2 Å². The molecule has 0 aliphatic heterocycles. The summed E-state index contributed by atoms with van der Waals surface area (Å²) in [6.07, 6.45) is 0. The molecule has 8 heteroatoms. The van der Waals surface area contributed by atoms with Crippen LogP contribution in [0.3, 0.4) is 0 Å². The lowest BCUT2D eigenvalue weighted by Crippen LogP contribution is -2.32. The minimum atomic E-state index is -0.373. The number of methoxy groups -OCH3 is 1. The summed E-state index contributed by atoms with van der Waals surface area (Å²) in [6.45, 7) is 3.25. The molecule has 2 amide bonds. The van der Waals surface area contributed by atoms with Gasteiger partial charge in [0, 0.05) is 13.7 Å². The lowest BCUT2D eigenvalue weighted by molar-refractivity contribution is 0.198. The van der Waals surface area contributed by atoms with Gasteiger partial charge >= 0.3 is 6.03 Å². The summed E-state index contributed by atoms with van der Waals surface area (Å²) in [7, 11) is 1.57. The first-order valence-corrected chi connectivity index (χ1v) is 6.27. The van der Waals surface area contributed by atoms with Gasteiger partial charge in [-0.25, -0.2) is 9.20 Å². The molecular weight excluding hydrogens is 262 g/mol. The zero-order chi connectivity index (χ0) is 14.4. The van der Waals surface area contributed by atoms with Gasteiger partial charge in [-0.2, -0.15) is 0 Å². The summed E-state index contributed by atoms with van der Waals surface area (Å²) >= 11 is 0. The zero-order valence-electron chi connectivity index (χ0n) is 11.4. The monoisotopic (exact) mass is 279 g/mol. The van der Waals surface area contributed by atoms with Crippen molar-refractivity contribution in [1.29, 1.82) is 0 Å². The first-order valence-electron chi connectivity index (χ1n) is 6.27. The normalized spacial score (nSPS) is 10.5. The minimum Gasteiger partial charge on any atom is -0.479 e. The van der Waals surface area contributed by atoms with Crippen molar-refractivity contribution in [3.63, 3.8) is 0 Å². The molecule has 0 saturated heterocycles. The summed E-state index contributed by atoms with van der Waals surface area (Å²) in [5, 5.41) is 13.2. The molecule has 0 unspecified atom stereocenters. The smallest absolute Gasteiger partial charge is 0.321 e. The van der Waals surface area contributed by atoms with E-state index < -0.39 is 0 Å². The molecule has 2 N–H and O–H groups in total. The number of hydrogen-bond acceptors (Lipinski definition) is 5. The average Bonchev–Trinajstić information content (AvgIpc) is 2.84. The molecule has 0 aliphatic carbocycles. The van der Waals surface area contributed by atoms with Crippen LogP contribution < -0.4 is 15.4 Å². The van der Waals surface area contributed by atoms with Gasteiger partial charge in [0.25, 0.3) is 0 Å². The molecule has 2 heterocycles. The fourth-order valence-corrected chi connectivity index (χ4v) is 1.67. The van der Waals surface area contributed by atoms with Crippen LogP contribution in [0.5, 0.6) is 5.88 Å². The van der Waals surface area contributed by atoms with Crippen molar-refractivity contribution >= 4 is 17.6 Å². The SMILES string of the molecule is CCOc1cccc2nnc(NC(=O)NCCOC)n12. The number of aromatic nitrogens is 3. The largest absolute Gasteiger partial charge is 0.479 e. The van der Waals surface area contributed by atoms with Crippen LogP contribution in [0.1, 0.15) is 6.92 Å². The maximum atomic E-state index is 11.7. The first-order chi connectivity index (χ1) is 9.76. The molecule has 0 fully saturated rings. The van der Waals surface area contributed by atoms with Crippen molar-refractivity contribution in [2.24, 2.45) is 0 Å². The topological polar surface area (TPSA) is 89.8 Å². The Morgan fingerprint density at radius 3 is 3.00 bits per heavy atom. The van der Waals surface area contributed by atoms with Gasteiger partial charge in [-0.05, 0) is 19.1 Å². The molecule has 108 valence electrons. The second-order valence-corrected chi connectivity index (χ2v) is 3.89. The number of nitrogens with one attached hydrogen (secondary N) is 2. The van der Waals surface area contributed by atoms with E-state index in [1.165, 1.54) is 0 Å². The van der Waals surface area contributed by atoms with Crippen LogP contribution in [0.2, 0.25) is 0 Å². The highest BCUT2D eigenvalue weighted by atomic mass is 16.5. The van der Waals surface area contributed by atoms with E-state index in [4.69, 9.17) is 9.47 Å². The van der Waals surface area contributed by atoms with Gasteiger partial charge in [-0.1, -0.05) is 6.07 Å². The number of urea groups is 1. The summed E-state index contributed by atoms with van der Waals surface area (Å²) in [5.74, 6) is 0.876. The Hall–Kier alpha value is -2.35. The zero-order valence-corrected chi connectivity index (χ0v) is 11.4. The van der Waals surface area contributed by atoms with Crippen LogP contribution in [-0.4, -0.2) is 47.5 Å². The van der Waals surface area contributed by atoms with E-state index in [1.54, 1.807) is 23.6 Å². The third kappa shape index (κ3) is 3.15. The van der Waals surface area contributed by atoms with Gasteiger partial charge < -0.3 is 14.8 Å². The molecule has 2 aromatic heterocycles. The third-order valence-corrected chi connectivity index (χ3v) is 2.50. The third-order valence-electron chi connectivity index (χ3n) is 2.50. The number of rotatable bonds is 6. The first kappa shape index (κ1) is 14.1. The summed E-state index contributed by atoms with van der Waals surface area (Å²) in [4.78, 5) is 11.7. The molecule has 2 rings (SSSR count). The molecular formula is C12H17N5O3. The Bertz CT molecular complexity index is 583. The van der Waals surface area contributed by atoms with Gasteiger partial charge in [0.1, 0.15) is 0 Å². The van der Waals surface area contributed by atoms with E-state index in [9.17, 15) is 4.79 Å².